The molecule has 2 N–H and O–H groups in total. The quantitative estimate of drug-likeness (QED) is 0.660. The van der Waals surface area contributed by atoms with Gasteiger partial charge in [0.2, 0.25) is 5.24 Å². The molecule has 3 aromatic rings. The van der Waals surface area contributed by atoms with Crippen LogP contribution in [0.1, 0.15) is 11.1 Å². The van der Waals surface area contributed by atoms with E-state index in [1.54, 1.807) is 0 Å². The van der Waals surface area contributed by atoms with E-state index in [0.29, 0.717) is 0 Å². The third-order valence-electron chi connectivity index (χ3n) is 3.88. The minimum Gasteiger partial charge on any atom is -0.445 e. The monoisotopic (exact) mass is 356 g/mol. The number of nitrogens with one attached hydrogen (secondary N) is 2. The first kappa shape index (κ1) is 17.0. The molecule has 2 aromatic carbocycles. The Morgan fingerprint density at radius 2 is 1.80 bits per heavy atom. The zero-order chi connectivity index (χ0) is 17.6. The van der Waals surface area contributed by atoms with Gasteiger partial charge in [0.05, 0.1) is 0 Å². The van der Waals surface area contributed by atoms with Crippen LogP contribution in [-0.4, -0.2) is 22.4 Å². The molecule has 128 valence electrons. The van der Waals surface area contributed by atoms with Gasteiger partial charge in [-0.05, 0) is 28.8 Å². The van der Waals surface area contributed by atoms with Crippen LogP contribution in [0.15, 0.2) is 60.8 Å². The fourth-order valence-corrected chi connectivity index (χ4v) is 2.75. The number of amides is 1. The highest BCUT2D eigenvalue weighted by molar-refractivity contribution is 6.64. The summed E-state index contributed by atoms with van der Waals surface area (Å²) in [4.78, 5) is 26.8. The number of ether oxygens (including phenoxy) is 1. The Morgan fingerprint density at radius 3 is 2.56 bits per heavy atom. The molecule has 25 heavy (non-hydrogen) atoms. The molecule has 0 spiro atoms. The highest BCUT2D eigenvalue weighted by Gasteiger charge is 2.21. The molecule has 5 nitrogen and oxygen atoms in total. The largest absolute Gasteiger partial charge is 0.445 e. The van der Waals surface area contributed by atoms with E-state index in [2.05, 4.69) is 10.3 Å². The van der Waals surface area contributed by atoms with Crippen molar-refractivity contribution in [3.8, 4) is 0 Å². The molecule has 0 aliphatic heterocycles. The van der Waals surface area contributed by atoms with Crippen molar-refractivity contribution in [3.05, 3.63) is 71.9 Å². The molecule has 6 heteroatoms. The van der Waals surface area contributed by atoms with E-state index in [1.807, 2.05) is 60.8 Å². The molecular weight excluding hydrogens is 340 g/mol. The van der Waals surface area contributed by atoms with E-state index in [4.69, 9.17) is 16.3 Å². The lowest BCUT2D eigenvalue weighted by atomic mass is 10.1. The van der Waals surface area contributed by atoms with E-state index >= 15 is 0 Å². The summed E-state index contributed by atoms with van der Waals surface area (Å²) in [6, 6.07) is 16.2. The van der Waals surface area contributed by atoms with Gasteiger partial charge in [-0.2, -0.15) is 0 Å². The van der Waals surface area contributed by atoms with Gasteiger partial charge in [0.1, 0.15) is 12.6 Å². The number of aromatic amines is 1. The van der Waals surface area contributed by atoms with E-state index in [9.17, 15) is 9.59 Å². The Kier molecular flexibility index (Phi) is 5.36. The van der Waals surface area contributed by atoms with Crippen LogP contribution >= 0.6 is 11.6 Å². The van der Waals surface area contributed by atoms with Crippen LogP contribution in [0.3, 0.4) is 0 Å². The number of rotatable bonds is 6. The van der Waals surface area contributed by atoms with Crippen molar-refractivity contribution in [1.29, 1.82) is 0 Å². The van der Waals surface area contributed by atoms with Gasteiger partial charge in [-0.15, -0.1) is 0 Å². The van der Waals surface area contributed by atoms with Crippen molar-refractivity contribution >= 4 is 33.8 Å². The first-order valence-electron chi connectivity index (χ1n) is 7.85. The van der Waals surface area contributed by atoms with Crippen molar-refractivity contribution in [2.75, 3.05) is 0 Å². The first-order chi connectivity index (χ1) is 12.1. The molecule has 0 aliphatic rings. The normalized spacial score (nSPS) is 11.9. The van der Waals surface area contributed by atoms with E-state index < -0.39 is 17.4 Å². The number of aromatic nitrogens is 1. The average Bonchev–Trinajstić information content (AvgIpc) is 3.03. The Labute approximate surface area is 149 Å². The second-order valence-electron chi connectivity index (χ2n) is 5.63. The lowest BCUT2D eigenvalue weighted by Crippen LogP contribution is -2.40. The molecule has 0 fully saturated rings. The van der Waals surface area contributed by atoms with Crippen molar-refractivity contribution in [2.24, 2.45) is 0 Å². The molecule has 1 aromatic heterocycles. The smallest absolute Gasteiger partial charge is 0.408 e. The third-order valence-corrected chi connectivity index (χ3v) is 4.14. The third kappa shape index (κ3) is 4.39. The molecule has 0 aliphatic carbocycles. The molecule has 0 bridgehead atoms. The van der Waals surface area contributed by atoms with Crippen LogP contribution < -0.4 is 5.32 Å². The Balaban J connectivity index is 1.63. The standard InChI is InChI=1S/C19H17ClN2O3/c20-18(23)17(10-14-11-21-16-9-5-4-8-15(14)16)22-19(24)25-12-13-6-2-1-3-7-13/h1-9,11,17,21H,10,12H2,(H,22,24)/t17-/m0/s1. The zero-order valence-electron chi connectivity index (χ0n) is 13.4. The number of para-hydroxylation sites is 1. The highest BCUT2D eigenvalue weighted by Crippen LogP contribution is 2.19. The summed E-state index contributed by atoms with van der Waals surface area (Å²) in [7, 11) is 0. The van der Waals surface area contributed by atoms with Crippen molar-refractivity contribution in [1.82, 2.24) is 10.3 Å². The van der Waals surface area contributed by atoms with Gasteiger partial charge in [-0.25, -0.2) is 4.79 Å². The SMILES string of the molecule is O=C(N[C@@H](Cc1c[nH]c2ccccc12)C(=O)Cl)OCc1ccccc1. The molecule has 1 heterocycles. The summed E-state index contributed by atoms with van der Waals surface area (Å²) in [5.74, 6) is 0. The minimum absolute atomic E-state index is 0.128. The topological polar surface area (TPSA) is 71.2 Å². The summed E-state index contributed by atoms with van der Waals surface area (Å²) in [5.41, 5.74) is 2.73. The number of alkyl carbamates (subject to hydrolysis) is 1. The molecule has 0 radical (unpaired) electrons. The second kappa shape index (κ2) is 7.85. The van der Waals surface area contributed by atoms with Crippen LogP contribution in [0.2, 0.25) is 0 Å². The number of carbonyl (C=O) groups is 2. The predicted octanol–water partition coefficient (Wildman–Crippen LogP) is 3.77. The molecule has 1 amide bonds. The molecule has 0 saturated carbocycles. The Morgan fingerprint density at radius 1 is 1.08 bits per heavy atom. The number of H-pyrrole nitrogens is 1. The Hall–Kier alpha value is -2.79. The fraction of sp³-hybridized carbons (Fsp3) is 0.158. The molecule has 0 saturated heterocycles. The summed E-state index contributed by atoms with van der Waals surface area (Å²) >= 11 is 5.65. The van der Waals surface area contributed by atoms with E-state index in [1.165, 1.54) is 0 Å². The van der Waals surface area contributed by atoms with Crippen LogP contribution in [0, 0.1) is 0 Å². The van der Waals surface area contributed by atoms with Crippen molar-refractivity contribution < 1.29 is 14.3 Å². The average molecular weight is 357 g/mol. The molecule has 1 atom stereocenters. The van der Waals surface area contributed by atoms with Crippen LogP contribution in [-0.2, 0) is 22.6 Å². The van der Waals surface area contributed by atoms with Gasteiger partial charge in [-0.1, -0.05) is 48.5 Å². The number of halogens is 1. The number of benzene rings is 2. The Bertz CT molecular complexity index is 877. The maximum absolute atomic E-state index is 12.0. The van der Waals surface area contributed by atoms with Crippen LogP contribution in [0.4, 0.5) is 4.79 Å². The second-order valence-corrected chi connectivity index (χ2v) is 6.00. The van der Waals surface area contributed by atoms with Crippen LogP contribution in [0.5, 0.6) is 0 Å². The van der Waals surface area contributed by atoms with E-state index in [-0.39, 0.29) is 13.0 Å². The summed E-state index contributed by atoms with van der Waals surface area (Å²) in [6.45, 7) is 0.128. The maximum atomic E-state index is 12.0. The fourth-order valence-electron chi connectivity index (χ4n) is 2.62. The molecular formula is C19H17ClN2O3. The van der Waals surface area contributed by atoms with Gasteiger partial charge in [0.15, 0.2) is 0 Å². The van der Waals surface area contributed by atoms with Gasteiger partial charge in [0, 0.05) is 23.5 Å². The van der Waals surface area contributed by atoms with E-state index in [0.717, 1.165) is 22.0 Å². The number of hydrogen-bond donors (Lipinski definition) is 2. The van der Waals surface area contributed by atoms with Crippen molar-refractivity contribution in [2.45, 2.75) is 19.1 Å². The molecule has 0 unspecified atom stereocenters. The number of carbonyl (C=O) groups excluding carboxylic acids is 2. The zero-order valence-corrected chi connectivity index (χ0v) is 14.1. The maximum Gasteiger partial charge on any atom is 0.408 e. The summed E-state index contributed by atoms with van der Waals surface area (Å²) < 4.78 is 5.15. The van der Waals surface area contributed by atoms with Gasteiger partial charge in [0.25, 0.3) is 0 Å². The lowest BCUT2D eigenvalue weighted by Gasteiger charge is -2.14. The summed E-state index contributed by atoms with van der Waals surface area (Å²) in [6.07, 6.45) is 1.42. The number of fused-ring (bicyclic) bond motifs is 1. The van der Waals surface area contributed by atoms with Gasteiger partial charge >= 0.3 is 6.09 Å². The predicted molar refractivity (Wildman–Crippen MR) is 96.4 cm³/mol. The minimum atomic E-state index is -0.857. The molecule has 3 rings (SSSR count). The van der Waals surface area contributed by atoms with Gasteiger partial charge in [-0.3, -0.25) is 4.79 Å². The first-order valence-corrected chi connectivity index (χ1v) is 8.23. The van der Waals surface area contributed by atoms with Gasteiger partial charge < -0.3 is 15.0 Å². The summed E-state index contributed by atoms with van der Waals surface area (Å²) in [5, 5.41) is 2.89. The lowest BCUT2D eigenvalue weighted by molar-refractivity contribution is -0.113. The highest BCUT2D eigenvalue weighted by atomic mass is 35.5. The van der Waals surface area contributed by atoms with Crippen molar-refractivity contribution in [3.63, 3.8) is 0 Å². The number of hydrogen-bond acceptors (Lipinski definition) is 3. The van der Waals surface area contributed by atoms with Crippen LogP contribution in [0.25, 0.3) is 10.9 Å².